The molecule has 1 fully saturated rings. The van der Waals surface area contributed by atoms with Crippen LogP contribution in [-0.4, -0.2) is 19.1 Å². The lowest BCUT2D eigenvalue weighted by molar-refractivity contribution is -0.122. The van der Waals surface area contributed by atoms with Crippen molar-refractivity contribution in [2.45, 2.75) is 18.9 Å². The summed E-state index contributed by atoms with van der Waals surface area (Å²) in [5.41, 5.74) is 2.14. The minimum absolute atomic E-state index is 0.0344. The molecule has 0 heterocycles. The molecule has 2 atom stereocenters. The predicted molar refractivity (Wildman–Crippen MR) is 91.6 cm³/mol. The summed E-state index contributed by atoms with van der Waals surface area (Å²) >= 11 is 0. The highest BCUT2D eigenvalue weighted by Crippen LogP contribution is 2.48. The summed E-state index contributed by atoms with van der Waals surface area (Å²) < 4.78 is 18.3. The van der Waals surface area contributed by atoms with Gasteiger partial charge < -0.3 is 10.1 Å². The van der Waals surface area contributed by atoms with E-state index in [1.807, 2.05) is 12.1 Å². The van der Waals surface area contributed by atoms with Gasteiger partial charge >= 0.3 is 6.09 Å². The largest absolute Gasteiger partial charge is 0.453 e. The molecule has 0 saturated heterocycles. The Hall–Kier alpha value is -2.89. The van der Waals surface area contributed by atoms with E-state index in [4.69, 9.17) is 0 Å². The Morgan fingerprint density at radius 2 is 1.88 bits per heavy atom. The summed E-state index contributed by atoms with van der Waals surface area (Å²) in [6.07, 6.45) is 0.142. The van der Waals surface area contributed by atoms with Gasteiger partial charge in [-0.15, -0.1) is 0 Å². The minimum Gasteiger partial charge on any atom is -0.453 e. The fourth-order valence-electron chi connectivity index (χ4n) is 2.80. The Labute approximate surface area is 145 Å². The van der Waals surface area contributed by atoms with Gasteiger partial charge in [-0.25, -0.2) is 9.18 Å². The van der Waals surface area contributed by atoms with Gasteiger partial charge in [0.2, 0.25) is 5.91 Å². The number of halogens is 1. The highest BCUT2D eigenvalue weighted by molar-refractivity contribution is 5.84. The van der Waals surface area contributed by atoms with Gasteiger partial charge in [0.15, 0.2) is 0 Å². The average Bonchev–Trinajstić information content (AvgIpc) is 3.42. The lowest BCUT2D eigenvalue weighted by Gasteiger charge is -2.07. The number of carbonyl (C=O) groups is 2. The molecule has 2 aromatic rings. The van der Waals surface area contributed by atoms with Gasteiger partial charge in [-0.2, -0.15) is 0 Å². The van der Waals surface area contributed by atoms with Crippen LogP contribution in [0.4, 0.5) is 14.9 Å². The van der Waals surface area contributed by atoms with E-state index in [1.165, 1.54) is 13.2 Å². The number of rotatable bonds is 5. The van der Waals surface area contributed by atoms with Crippen molar-refractivity contribution in [1.82, 2.24) is 5.32 Å². The SMILES string of the molecule is COC(=O)Nc1ccc(CNC(=O)[C@H]2C[C@H]2c2ccccc2F)cc1. The highest BCUT2D eigenvalue weighted by atomic mass is 19.1. The lowest BCUT2D eigenvalue weighted by Crippen LogP contribution is -2.24. The molecule has 0 bridgehead atoms. The summed E-state index contributed by atoms with van der Waals surface area (Å²) in [5, 5.41) is 5.44. The number of carbonyl (C=O) groups excluding carboxylic acids is 2. The maximum absolute atomic E-state index is 13.8. The number of hydrogen-bond donors (Lipinski definition) is 2. The standard InChI is InChI=1S/C19H19FN2O3/c1-25-19(24)22-13-8-6-12(7-9-13)11-21-18(23)16-10-15(16)14-4-2-3-5-17(14)20/h2-9,15-16H,10-11H2,1H3,(H,21,23)(H,22,24)/t15-,16-/m0/s1. The van der Waals surface area contributed by atoms with E-state index in [2.05, 4.69) is 15.4 Å². The van der Waals surface area contributed by atoms with Crippen LogP contribution in [0.15, 0.2) is 48.5 Å². The molecule has 3 rings (SSSR count). The van der Waals surface area contributed by atoms with Gasteiger partial charge in [-0.3, -0.25) is 10.1 Å². The molecule has 1 saturated carbocycles. The second-order valence-corrected chi connectivity index (χ2v) is 6.00. The van der Waals surface area contributed by atoms with Crippen LogP contribution in [0.25, 0.3) is 0 Å². The molecule has 1 aliphatic carbocycles. The van der Waals surface area contributed by atoms with E-state index >= 15 is 0 Å². The molecule has 1 aliphatic rings. The topological polar surface area (TPSA) is 67.4 Å². The van der Waals surface area contributed by atoms with Crippen LogP contribution >= 0.6 is 0 Å². The number of ether oxygens (including phenoxy) is 1. The van der Waals surface area contributed by atoms with E-state index in [0.717, 1.165) is 5.56 Å². The molecule has 130 valence electrons. The summed E-state index contributed by atoms with van der Waals surface area (Å²) in [5.74, 6) is -0.522. The van der Waals surface area contributed by atoms with Crippen molar-refractivity contribution in [1.29, 1.82) is 0 Å². The summed E-state index contributed by atoms with van der Waals surface area (Å²) in [6.45, 7) is 0.387. The third-order valence-corrected chi connectivity index (χ3v) is 4.28. The number of amides is 2. The van der Waals surface area contributed by atoms with Crippen LogP contribution < -0.4 is 10.6 Å². The maximum Gasteiger partial charge on any atom is 0.411 e. The molecule has 0 aromatic heterocycles. The number of methoxy groups -OCH3 is 1. The van der Waals surface area contributed by atoms with Gasteiger partial charge in [-0.05, 0) is 41.7 Å². The van der Waals surface area contributed by atoms with E-state index in [-0.39, 0.29) is 23.6 Å². The van der Waals surface area contributed by atoms with Gasteiger partial charge in [0.05, 0.1) is 7.11 Å². The molecule has 5 nitrogen and oxygen atoms in total. The zero-order valence-electron chi connectivity index (χ0n) is 13.8. The zero-order valence-corrected chi connectivity index (χ0v) is 13.8. The fourth-order valence-corrected chi connectivity index (χ4v) is 2.80. The summed E-state index contributed by atoms with van der Waals surface area (Å²) in [7, 11) is 1.30. The predicted octanol–water partition coefficient (Wildman–Crippen LogP) is 3.42. The Morgan fingerprint density at radius 1 is 1.16 bits per heavy atom. The van der Waals surface area contributed by atoms with E-state index in [9.17, 15) is 14.0 Å². The quantitative estimate of drug-likeness (QED) is 0.875. The molecular formula is C19H19FN2O3. The number of nitrogens with one attached hydrogen (secondary N) is 2. The molecule has 0 unspecified atom stereocenters. The molecule has 2 N–H and O–H groups in total. The van der Waals surface area contributed by atoms with Crippen molar-refractivity contribution < 1.29 is 18.7 Å². The molecule has 6 heteroatoms. The smallest absolute Gasteiger partial charge is 0.411 e. The van der Waals surface area contributed by atoms with Crippen LogP contribution in [-0.2, 0) is 16.1 Å². The first-order valence-corrected chi connectivity index (χ1v) is 8.04. The molecule has 2 aromatic carbocycles. The molecular weight excluding hydrogens is 323 g/mol. The maximum atomic E-state index is 13.8. The third kappa shape index (κ3) is 4.15. The Bertz CT molecular complexity index is 776. The highest BCUT2D eigenvalue weighted by Gasteiger charge is 2.44. The zero-order chi connectivity index (χ0) is 17.8. The Morgan fingerprint density at radius 3 is 2.56 bits per heavy atom. The summed E-state index contributed by atoms with van der Waals surface area (Å²) in [6, 6.07) is 13.7. The van der Waals surface area contributed by atoms with Gasteiger partial charge in [0.1, 0.15) is 5.82 Å². The van der Waals surface area contributed by atoms with Gasteiger partial charge in [-0.1, -0.05) is 30.3 Å². The number of hydrogen-bond acceptors (Lipinski definition) is 3. The number of anilines is 1. The van der Waals surface area contributed by atoms with Crippen molar-refractivity contribution in [3.05, 3.63) is 65.5 Å². The molecule has 2 amide bonds. The first-order valence-electron chi connectivity index (χ1n) is 8.04. The van der Waals surface area contributed by atoms with Gasteiger partial charge in [0.25, 0.3) is 0 Å². The fraction of sp³-hybridized carbons (Fsp3) is 0.263. The van der Waals surface area contributed by atoms with Gasteiger partial charge in [0, 0.05) is 18.2 Å². The van der Waals surface area contributed by atoms with Crippen molar-refractivity contribution in [2.75, 3.05) is 12.4 Å². The molecule has 25 heavy (non-hydrogen) atoms. The van der Waals surface area contributed by atoms with Crippen LogP contribution in [0, 0.1) is 11.7 Å². The van der Waals surface area contributed by atoms with E-state index in [0.29, 0.717) is 24.2 Å². The van der Waals surface area contributed by atoms with Crippen molar-refractivity contribution in [3.8, 4) is 0 Å². The molecule has 0 spiro atoms. The van der Waals surface area contributed by atoms with Crippen molar-refractivity contribution in [2.24, 2.45) is 5.92 Å². The second-order valence-electron chi connectivity index (χ2n) is 6.00. The first-order chi connectivity index (χ1) is 12.1. The lowest BCUT2D eigenvalue weighted by atomic mass is 10.1. The van der Waals surface area contributed by atoms with E-state index < -0.39 is 6.09 Å². The monoisotopic (exact) mass is 342 g/mol. The minimum atomic E-state index is -0.533. The Kier molecular flexibility index (Phi) is 4.97. The molecule has 0 aliphatic heterocycles. The number of benzene rings is 2. The first kappa shape index (κ1) is 17.0. The van der Waals surface area contributed by atoms with Crippen molar-refractivity contribution in [3.63, 3.8) is 0 Å². The molecule has 0 radical (unpaired) electrons. The van der Waals surface area contributed by atoms with Crippen molar-refractivity contribution >= 4 is 17.7 Å². The van der Waals surface area contributed by atoms with Crippen LogP contribution in [0.1, 0.15) is 23.5 Å². The Balaban J connectivity index is 1.50. The average molecular weight is 342 g/mol. The van der Waals surface area contributed by atoms with E-state index in [1.54, 1.807) is 30.3 Å². The van der Waals surface area contributed by atoms with Crippen LogP contribution in [0.2, 0.25) is 0 Å². The summed E-state index contributed by atoms with van der Waals surface area (Å²) in [4.78, 5) is 23.3. The third-order valence-electron chi connectivity index (χ3n) is 4.28. The van der Waals surface area contributed by atoms with Crippen LogP contribution in [0.5, 0.6) is 0 Å². The van der Waals surface area contributed by atoms with Crippen LogP contribution in [0.3, 0.4) is 0 Å². The second kappa shape index (κ2) is 7.34. The normalized spacial score (nSPS) is 18.3.